The molecule has 0 aliphatic carbocycles. The number of hydrogen-bond donors (Lipinski definition) is 2. The van der Waals surface area contributed by atoms with E-state index >= 15 is 0 Å². The molecule has 2 aliphatic heterocycles. The van der Waals surface area contributed by atoms with Gasteiger partial charge in [0.05, 0.1) is 5.69 Å². The summed E-state index contributed by atoms with van der Waals surface area (Å²) in [6.07, 6.45) is 0.531. The van der Waals surface area contributed by atoms with Crippen LogP contribution in [-0.2, 0) is 9.59 Å². The number of halogens is 1. The molecule has 156 valence electrons. The predicted molar refractivity (Wildman–Crippen MR) is 109 cm³/mol. The molecule has 0 radical (unpaired) electrons. The third-order valence-corrected chi connectivity index (χ3v) is 5.42. The van der Waals surface area contributed by atoms with E-state index in [0.29, 0.717) is 48.6 Å². The summed E-state index contributed by atoms with van der Waals surface area (Å²) < 4.78 is 18.6. The highest BCUT2D eigenvalue weighted by molar-refractivity contribution is 5.99. The summed E-state index contributed by atoms with van der Waals surface area (Å²) in [6.45, 7) is 2.59. The van der Waals surface area contributed by atoms with Crippen LogP contribution in [0.25, 0.3) is 0 Å². The summed E-state index contributed by atoms with van der Waals surface area (Å²) in [4.78, 5) is 38.6. The van der Waals surface area contributed by atoms with E-state index in [4.69, 9.17) is 4.74 Å². The zero-order valence-corrected chi connectivity index (χ0v) is 16.5. The molecule has 3 amide bonds. The molecule has 4 rings (SSSR count). The Bertz CT molecular complexity index is 984. The first-order chi connectivity index (χ1) is 14.4. The fraction of sp³-hybridized carbons (Fsp3) is 0.318. The lowest BCUT2D eigenvalue weighted by Gasteiger charge is -2.31. The minimum Gasteiger partial charge on any atom is -0.479 e. The van der Waals surface area contributed by atoms with Crippen molar-refractivity contribution in [2.24, 2.45) is 5.92 Å². The van der Waals surface area contributed by atoms with E-state index in [1.54, 1.807) is 30.0 Å². The van der Waals surface area contributed by atoms with Gasteiger partial charge in [-0.05, 0) is 62.2 Å². The molecule has 0 unspecified atom stereocenters. The summed E-state index contributed by atoms with van der Waals surface area (Å²) in [5, 5.41) is 5.64. The number of nitrogens with one attached hydrogen (secondary N) is 2. The summed E-state index contributed by atoms with van der Waals surface area (Å²) in [5.41, 5.74) is 1.53. The quantitative estimate of drug-likeness (QED) is 0.813. The molecule has 2 N–H and O–H groups in total. The van der Waals surface area contributed by atoms with Crippen LogP contribution in [0.5, 0.6) is 5.75 Å². The molecule has 30 heavy (non-hydrogen) atoms. The van der Waals surface area contributed by atoms with Crippen molar-refractivity contribution >= 4 is 29.1 Å². The van der Waals surface area contributed by atoms with E-state index in [2.05, 4.69) is 10.6 Å². The standard InChI is InChI=1S/C22H22FN3O4/c1-13-20(27)25-18-12-17(6-7-19(18)30-13)24-21(28)14-8-10-26(11-9-14)22(29)15-2-4-16(23)5-3-15/h2-7,12-14H,8-11H2,1H3,(H,24,28)(H,25,27)/t13-/m1/s1. The van der Waals surface area contributed by atoms with Gasteiger partial charge in [0.2, 0.25) is 5.91 Å². The molecule has 1 fully saturated rings. The number of nitrogens with zero attached hydrogens (tertiary/aromatic N) is 1. The number of carbonyl (C=O) groups excluding carboxylic acids is 3. The molecular formula is C22H22FN3O4. The Morgan fingerprint density at radius 2 is 1.83 bits per heavy atom. The summed E-state index contributed by atoms with van der Waals surface area (Å²) in [7, 11) is 0. The maximum atomic E-state index is 13.0. The van der Waals surface area contributed by atoms with E-state index in [-0.39, 0.29) is 29.5 Å². The van der Waals surface area contributed by atoms with Crippen LogP contribution in [0.3, 0.4) is 0 Å². The van der Waals surface area contributed by atoms with Crippen LogP contribution in [-0.4, -0.2) is 41.8 Å². The summed E-state index contributed by atoms with van der Waals surface area (Å²) in [5.74, 6) is -0.556. The molecular weight excluding hydrogens is 389 g/mol. The van der Waals surface area contributed by atoms with Crippen molar-refractivity contribution in [2.75, 3.05) is 23.7 Å². The van der Waals surface area contributed by atoms with Crippen LogP contribution >= 0.6 is 0 Å². The Balaban J connectivity index is 1.34. The third-order valence-electron chi connectivity index (χ3n) is 5.42. The minimum atomic E-state index is -0.555. The van der Waals surface area contributed by atoms with Gasteiger partial charge in [-0.3, -0.25) is 14.4 Å². The lowest BCUT2D eigenvalue weighted by atomic mass is 9.95. The van der Waals surface area contributed by atoms with Crippen molar-refractivity contribution in [1.82, 2.24) is 4.90 Å². The maximum Gasteiger partial charge on any atom is 0.265 e. The van der Waals surface area contributed by atoms with Gasteiger partial charge in [0.1, 0.15) is 11.6 Å². The van der Waals surface area contributed by atoms with E-state index in [9.17, 15) is 18.8 Å². The number of carbonyl (C=O) groups is 3. The number of ether oxygens (including phenoxy) is 1. The van der Waals surface area contributed by atoms with Crippen LogP contribution in [0.2, 0.25) is 0 Å². The van der Waals surface area contributed by atoms with Crippen molar-refractivity contribution in [1.29, 1.82) is 0 Å². The first-order valence-electron chi connectivity index (χ1n) is 9.88. The van der Waals surface area contributed by atoms with Crippen LogP contribution in [0, 0.1) is 11.7 Å². The normalized spacial score (nSPS) is 18.8. The maximum absolute atomic E-state index is 13.0. The second-order valence-electron chi connectivity index (χ2n) is 7.52. The Morgan fingerprint density at radius 1 is 1.13 bits per heavy atom. The van der Waals surface area contributed by atoms with Gasteiger partial charge in [-0.2, -0.15) is 0 Å². The number of amides is 3. The molecule has 8 heteroatoms. The SMILES string of the molecule is C[C@H]1Oc2ccc(NC(=O)C3CCN(C(=O)c4ccc(F)cc4)CC3)cc2NC1=O. The Hall–Kier alpha value is -3.42. The Morgan fingerprint density at radius 3 is 2.53 bits per heavy atom. The lowest BCUT2D eigenvalue weighted by molar-refractivity contribution is -0.122. The number of hydrogen-bond acceptors (Lipinski definition) is 4. The van der Waals surface area contributed by atoms with Gasteiger partial charge in [-0.1, -0.05) is 0 Å². The van der Waals surface area contributed by atoms with Gasteiger partial charge in [-0.15, -0.1) is 0 Å². The number of piperidine rings is 1. The van der Waals surface area contributed by atoms with E-state index in [1.165, 1.54) is 24.3 Å². The first kappa shape index (κ1) is 19.9. The minimum absolute atomic E-state index is 0.125. The van der Waals surface area contributed by atoms with Crippen molar-refractivity contribution in [2.45, 2.75) is 25.9 Å². The van der Waals surface area contributed by atoms with Gasteiger partial charge in [0, 0.05) is 30.3 Å². The highest BCUT2D eigenvalue weighted by atomic mass is 19.1. The second kappa shape index (κ2) is 8.14. The van der Waals surface area contributed by atoms with E-state index in [1.807, 2.05) is 0 Å². The predicted octanol–water partition coefficient (Wildman–Crippen LogP) is 3.04. The number of anilines is 2. The van der Waals surface area contributed by atoms with Gasteiger partial charge < -0.3 is 20.3 Å². The summed E-state index contributed by atoms with van der Waals surface area (Å²) >= 11 is 0. The Kier molecular flexibility index (Phi) is 5.39. The Labute approximate surface area is 173 Å². The van der Waals surface area contributed by atoms with Crippen LogP contribution in [0.1, 0.15) is 30.1 Å². The second-order valence-corrected chi connectivity index (χ2v) is 7.52. The van der Waals surface area contributed by atoms with Gasteiger partial charge in [0.25, 0.3) is 11.8 Å². The summed E-state index contributed by atoms with van der Waals surface area (Å²) in [6, 6.07) is 10.6. The molecule has 2 aromatic rings. The molecule has 2 aromatic carbocycles. The molecule has 0 bridgehead atoms. The highest BCUT2D eigenvalue weighted by Gasteiger charge is 2.28. The monoisotopic (exact) mass is 411 g/mol. The van der Waals surface area contributed by atoms with Gasteiger partial charge >= 0.3 is 0 Å². The van der Waals surface area contributed by atoms with Crippen molar-refractivity contribution in [3.63, 3.8) is 0 Å². The first-order valence-corrected chi connectivity index (χ1v) is 9.88. The number of likely N-dealkylation sites (tertiary alicyclic amines) is 1. The third kappa shape index (κ3) is 4.12. The fourth-order valence-electron chi connectivity index (χ4n) is 3.65. The molecule has 7 nitrogen and oxygen atoms in total. The smallest absolute Gasteiger partial charge is 0.265 e. The zero-order chi connectivity index (χ0) is 21.3. The van der Waals surface area contributed by atoms with Crippen LogP contribution in [0.4, 0.5) is 15.8 Å². The van der Waals surface area contributed by atoms with Crippen LogP contribution in [0.15, 0.2) is 42.5 Å². The van der Waals surface area contributed by atoms with Gasteiger partial charge in [-0.25, -0.2) is 4.39 Å². The average molecular weight is 411 g/mol. The zero-order valence-electron chi connectivity index (χ0n) is 16.5. The van der Waals surface area contributed by atoms with Crippen molar-refractivity contribution < 1.29 is 23.5 Å². The van der Waals surface area contributed by atoms with Crippen molar-refractivity contribution in [3.8, 4) is 5.75 Å². The van der Waals surface area contributed by atoms with E-state index < -0.39 is 6.10 Å². The molecule has 0 saturated carbocycles. The highest BCUT2D eigenvalue weighted by Crippen LogP contribution is 2.32. The van der Waals surface area contributed by atoms with Crippen molar-refractivity contribution in [3.05, 3.63) is 53.8 Å². The topological polar surface area (TPSA) is 87.7 Å². The van der Waals surface area contributed by atoms with Crippen LogP contribution < -0.4 is 15.4 Å². The molecule has 1 saturated heterocycles. The molecule has 2 aliphatic rings. The van der Waals surface area contributed by atoms with Gasteiger partial charge in [0.15, 0.2) is 6.10 Å². The number of benzene rings is 2. The number of rotatable bonds is 3. The van der Waals surface area contributed by atoms with E-state index in [0.717, 1.165) is 0 Å². The molecule has 2 heterocycles. The molecule has 1 atom stereocenters. The largest absolute Gasteiger partial charge is 0.479 e. The average Bonchev–Trinajstić information content (AvgIpc) is 2.75. The molecule has 0 aromatic heterocycles. The lowest BCUT2D eigenvalue weighted by Crippen LogP contribution is -2.41. The fourth-order valence-corrected chi connectivity index (χ4v) is 3.65. The molecule has 0 spiro atoms. The number of fused-ring (bicyclic) bond motifs is 1.